The van der Waals surface area contributed by atoms with Crippen LogP contribution in [0.4, 0.5) is 10.1 Å². The van der Waals surface area contributed by atoms with Crippen LogP contribution in [0.5, 0.6) is 0 Å². The van der Waals surface area contributed by atoms with E-state index < -0.39 is 0 Å². The predicted octanol–water partition coefficient (Wildman–Crippen LogP) is 4.45. The number of aryl methyl sites for hydroxylation is 2. The van der Waals surface area contributed by atoms with Gasteiger partial charge >= 0.3 is 0 Å². The number of nitrogens with one attached hydrogen (secondary N) is 1. The highest BCUT2D eigenvalue weighted by Crippen LogP contribution is 2.21. The molecule has 1 N–H and O–H groups in total. The summed E-state index contributed by atoms with van der Waals surface area (Å²) in [6, 6.07) is 10.8. The quantitative estimate of drug-likeness (QED) is 0.769. The van der Waals surface area contributed by atoms with Gasteiger partial charge in [0.15, 0.2) is 11.5 Å². The van der Waals surface area contributed by atoms with Gasteiger partial charge < -0.3 is 9.73 Å². The largest absolute Gasteiger partial charge is 0.441 e. The molecule has 2 aromatic carbocycles. The summed E-state index contributed by atoms with van der Waals surface area (Å²) in [5.41, 5.74) is 4.21. The lowest BCUT2D eigenvalue weighted by Gasteiger charge is -2.08. The second-order valence-electron chi connectivity index (χ2n) is 5.09. The molecule has 21 heavy (non-hydrogen) atoms. The molecule has 0 saturated heterocycles. The van der Waals surface area contributed by atoms with Crippen molar-refractivity contribution in [2.45, 2.75) is 26.8 Å². The number of benzene rings is 2. The summed E-state index contributed by atoms with van der Waals surface area (Å²) in [6.45, 7) is 4.40. The molecular formula is C17H17FN2O. The zero-order valence-electron chi connectivity index (χ0n) is 12.1. The molecule has 1 heterocycles. The number of fused-ring (bicyclic) bond motifs is 1. The number of aromatic nitrogens is 1. The number of hydrogen-bond acceptors (Lipinski definition) is 3. The highest BCUT2D eigenvalue weighted by Gasteiger charge is 2.06. The predicted molar refractivity (Wildman–Crippen MR) is 81.9 cm³/mol. The first kappa shape index (κ1) is 13.6. The number of hydrogen-bond donors (Lipinski definition) is 1. The first-order valence-electron chi connectivity index (χ1n) is 7.04. The minimum atomic E-state index is -0.191. The summed E-state index contributed by atoms with van der Waals surface area (Å²) >= 11 is 0. The third-order valence-corrected chi connectivity index (χ3v) is 3.42. The van der Waals surface area contributed by atoms with E-state index in [1.54, 1.807) is 6.07 Å². The van der Waals surface area contributed by atoms with Gasteiger partial charge in [0.25, 0.3) is 0 Å². The fourth-order valence-electron chi connectivity index (χ4n) is 2.27. The Hall–Kier alpha value is -2.36. The Morgan fingerprint density at radius 2 is 2.05 bits per heavy atom. The van der Waals surface area contributed by atoms with E-state index in [1.807, 2.05) is 38.1 Å². The third kappa shape index (κ3) is 2.89. The number of anilines is 1. The van der Waals surface area contributed by atoms with Crippen LogP contribution >= 0.6 is 0 Å². The van der Waals surface area contributed by atoms with Crippen LogP contribution in [0, 0.1) is 12.7 Å². The van der Waals surface area contributed by atoms with Crippen molar-refractivity contribution < 1.29 is 8.81 Å². The summed E-state index contributed by atoms with van der Waals surface area (Å²) in [4.78, 5) is 4.40. The number of nitrogens with zero attached hydrogens (tertiary/aromatic N) is 1. The van der Waals surface area contributed by atoms with Crippen molar-refractivity contribution in [2.24, 2.45) is 0 Å². The second-order valence-corrected chi connectivity index (χ2v) is 5.09. The van der Waals surface area contributed by atoms with Crippen molar-refractivity contribution in [1.29, 1.82) is 0 Å². The average Bonchev–Trinajstić information content (AvgIpc) is 2.90. The molecule has 0 saturated carbocycles. The van der Waals surface area contributed by atoms with Crippen molar-refractivity contribution in [3.05, 3.63) is 59.2 Å². The molecule has 0 bridgehead atoms. The molecule has 0 aliphatic carbocycles. The Balaban J connectivity index is 1.80. The Morgan fingerprint density at radius 1 is 1.19 bits per heavy atom. The molecule has 0 spiro atoms. The summed E-state index contributed by atoms with van der Waals surface area (Å²) in [5, 5.41) is 3.23. The van der Waals surface area contributed by atoms with E-state index in [2.05, 4.69) is 10.3 Å². The molecule has 0 unspecified atom stereocenters. The van der Waals surface area contributed by atoms with Crippen LogP contribution in [0.15, 0.2) is 40.8 Å². The molecule has 1 aromatic heterocycles. The molecule has 0 aliphatic rings. The average molecular weight is 284 g/mol. The van der Waals surface area contributed by atoms with E-state index in [4.69, 9.17) is 4.42 Å². The van der Waals surface area contributed by atoms with Crippen LogP contribution in [-0.2, 0) is 13.0 Å². The van der Waals surface area contributed by atoms with Crippen LogP contribution in [-0.4, -0.2) is 4.98 Å². The molecule has 3 nitrogen and oxygen atoms in total. The molecule has 0 aliphatic heterocycles. The molecule has 0 amide bonds. The first-order valence-corrected chi connectivity index (χ1v) is 7.04. The lowest BCUT2D eigenvalue weighted by Crippen LogP contribution is -2.02. The van der Waals surface area contributed by atoms with Crippen molar-refractivity contribution in [3.8, 4) is 0 Å². The fraction of sp³-hybridized carbons (Fsp3) is 0.235. The minimum absolute atomic E-state index is 0.191. The van der Waals surface area contributed by atoms with Gasteiger partial charge in [-0.25, -0.2) is 9.37 Å². The van der Waals surface area contributed by atoms with Gasteiger partial charge in [0.05, 0.1) is 0 Å². The highest BCUT2D eigenvalue weighted by atomic mass is 19.1. The van der Waals surface area contributed by atoms with Gasteiger partial charge in [0.1, 0.15) is 11.3 Å². The van der Waals surface area contributed by atoms with Gasteiger partial charge in [-0.2, -0.15) is 0 Å². The number of halogens is 1. The van der Waals surface area contributed by atoms with Crippen LogP contribution < -0.4 is 5.32 Å². The van der Waals surface area contributed by atoms with Crippen molar-refractivity contribution in [3.63, 3.8) is 0 Å². The third-order valence-electron chi connectivity index (χ3n) is 3.42. The van der Waals surface area contributed by atoms with Crippen LogP contribution in [0.25, 0.3) is 11.1 Å². The monoisotopic (exact) mass is 284 g/mol. The zero-order valence-corrected chi connectivity index (χ0v) is 12.1. The normalized spacial score (nSPS) is 11.0. The smallest absolute Gasteiger partial charge is 0.195 e. The standard InChI is InChI=1S/C17H17FN2O/c1-3-17-20-15-9-13(5-7-16(15)21-17)19-10-12-8-11(2)4-6-14(12)18/h4-9,19H,3,10H2,1-2H3. The highest BCUT2D eigenvalue weighted by molar-refractivity contribution is 5.77. The molecule has 3 aromatic rings. The summed E-state index contributed by atoms with van der Waals surface area (Å²) < 4.78 is 19.3. The Morgan fingerprint density at radius 3 is 2.86 bits per heavy atom. The minimum Gasteiger partial charge on any atom is -0.441 e. The summed E-state index contributed by atoms with van der Waals surface area (Å²) in [6.07, 6.45) is 0.770. The molecule has 4 heteroatoms. The van der Waals surface area contributed by atoms with Gasteiger partial charge in [0.2, 0.25) is 0 Å². The lowest BCUT2D eigenvalue weighted by atomic mass is 10.1. The van der Waals surface area contributed by atoms with E-state index in [1.165, 1.54) is 6.07 Å². The second kappa shape index (κ2) is 5.56. The SMILES string of the molecule is CCc1nc2cc(NCc3cc(C)ccc3F)ccc2o1. The van der Waals surface area contributed by atoms with E-state index in [0.717, 1.165) is 34.7 Å². The topological polar surface area (TPSA) is 38.1 Å². The maximum atomic E-state index is 13.7. The van der Waals surface area contributed by atoms with Gasteiger partial charge in [-0.1, -0.05) is 24.6 Å². The molecule has 108 valence electrons. The van der Waals surface area contributed by atoms with Crippen molar-refractivity contribution in [1.82, 2.24) is 4.98 Å². The Labute approximate surface area is 122 Å². The van der Waals surface area contributed by atoms with Gasteiger partial charge in [-0.15, -0.1) is 0 Å². The van der Waals surface area contributed by atoms with Crippen LogP contribution in [0.1, 0.15) is 23.9 Å². The van der Waals surface area contributed by atoms with Gasteiger partial charge in [-0.3, -0.25) is 0 Å². The van der Waals surface area contributed by atoms with E-state index in [9.17, 15) is 4.39 Å². The summed E-state index contributed by atoms with van der Waals surface area (Å²) in [7, 11) is 0. The number of oxazole rings is 1. The zero-order chi connectivity index (χ0) is 14.8. The molecule has 0 radical (unpaired) electrons. The molecule has 0 atom stereocenters. The number of rotatable bonds is 4. The van der Waals surface area contributed by atoms with E-state index in [-0.39, 0.29) is 5.82 Å². The van der Waals surface area contributed by atoms with E-state index in [0.29, 0.717) is 12.1 Å². The first-order chi connectivity index (χ1) is 10.2. The van der Waals surface area contributed by atoms with Crippen molar-refractivity contribution >= 4 is 16.8 Å². The Bertz CT molecular complexity index is 780. The fourth-order valence-corrected chi connectivity index (χ4v) is 2.27. The van der Waals surface area contributed by atoms with Gasteiger partial charge in [-0.05, 0) is 31.2 Å². The van der Waals surface area contributed by atoms with E-state index >= 15 is 0 Å². The molecule has 3 rings (SSSR count). The van der Waals surface area contributed by atoms with Crippen LogP contribution in [0.2, 0.25) is 0 Å². The molecular weight excluding hydrogens is 267 g/mol. The Kier molecular flexibility index (Phi) is 3.60. The maximum absolute atomic E-state index is 13.7. The van der Waals surface area contributed by atoms with Crippen molar-refractivity contribution in [2.75, 3.05) is 5.32 Å². The summed E-state index contributed by atoms with van der Waals surface area (Å²) in [5.74, 6) is 0.538. The van der Waals surface area contributed by atoms with Crippen LogP contribution in [0.3, 0.4) is 0 Å². The molecule has 0 fully saturated rings. The maximum Gasteiger partial charge on any atom is 0.195 e. The lowest BCUT2D eigenvalue weighted by molar-refractivity contribution is 0.538. The van der Waals surface area contributed by atoms with Gasteiger partial charge in [0, 0.05) is 24.2 Å².